The number of anilines is 1. The number of nitrogens with zero attached hydrogens (tertiary/aromatic N) is 3. The van der Waals surface area contributed by atoms with E-state index in [0.29, 0.717) is 5.82 Å². The van der Waals surface area contributed by atoms with Gasteiger partial charge in [0, 0.05) is 17.8 Å². The van der Waals surface area contributed by atoms with Crippen LogP contribution in [0, 0.1) is 5.92 Å². The maximum absolute atomic E-state index is 12.0. The second kappa shape index (κ2) is 5.15. The van der Waals surface area contributed by atoms with E-state index in [1.165, 1.54) is 0 Å². The maximum Gasteiger partial charge on any atom is 0.228 e. The van der Waals surface area contributed by atoms with Gasteiger partial charge in [0.25, 0.3) is 0 Å². The number of hydrogen-bond acceptors (Lipinski definition) is 5. The van der Waals surface area contributed by atoms with Crippen LogP contribution in [0.15, 0.2) is 24.3 Å². The van der Waals surface area contributed by atoms with Crippen molar-refractivity contribution in [3.8, 4) is 11.4 Å². The number of nitrogens with one attached hydrogen (secondary N) is 3. The van der Waals surface area contributed by atoms with Crippen molar-refractivity contribution in [3.63, 3.8) is 0 Å². The molecule has 1 saturated heterocycles. The molecule has 0 aliphatic carbocycles. The Balaban J connectivity index is 1.74. The first-order valence-corrected chi connectivity index (χ1v) is 6.18. The molecule has 1 unspecified atom stereocenters. The number of benzene rings is 1. The highest BCUT2D eigenvalue weighted by molar-refractivity contribution is 5.93. The van der Waals surface area contributed by atoms with Crippen LogP contribution < -0.4 is 10.6 Å². The molecular formula is C12H14N6O. The maximum atomic E-state index is 12.0. The number of rotatable bonds is 3. The third-order valence-corrected chi connectivity index (χ3v) is 3.16. The van der Waals surface area contributed by atoms with E-state index in [9.17, 15) is 4.79 Å². The lowest BCUT2D eigenvalue weighted by Crippen LogP contribution is -2.24. The highest BCUT2D eigenvalue weighted by Gasteiger charge is 2.22. The Hall–Kier alpha value is -2.28. The highest BCUT2D eigenvalue weighted by Crippen LogP contribution is 2.19. The van der Waals surface area contributed by atoms with Gasteiger partial charge < -0.3 is 10.6 Å². The van der Waals surface area contributed by atoms with Gasteiger partial charge in [-0.05, 0) is 30.3 Å². The fourth-order valence-corrected chi connectivity index (χ4v) is 2.14. The minimum atomic E-state index is 0.0498. The molecule has 1 aromatic carbocycles. The number of amides is 1. The summed E-state index contributed by atoms with van der Waals surface area (Å²) < 4.78 is 0. The Labute approximate surface area is 109 Å². The summed E-state index contributed by atoms with van der Waals surface area (Å²) in [5, 5.41) is 19.9. The summed E-state index contributed by atoms with van der Waals surface area (Å²) in [6, 6.07) is 7.42. The van der Waals surface area contributed by atoms with Crippen LogP contribution in [0.3, 0.4) is 0 Å². The summed E-state index contributed by atoms with van der Waals surface area (Å²) in [6.45, 7) is 1.65. The van der Waals surface area contributed by atoms with Gasteiger partial charge in [-0.1, -0.05) is 12.1 Å². The number of aromatic amines is 1. The molecular weight excluding hydrogens is 244 g/mol. The van der Waals surface area contributed by atoms with Gasteiger partial charge in [-0.3, -0.25) is 4.79 Å². The number of H-pyrrole nitrogens is 1. The number of tetrazole rings is 1. The molecule has 1 atom stereocenters. The van der Waals surface area contributed by atoms with Gasteiger partial charge in [0.1, 0.15) is 0 Å². The number of carbonyl (C=O) groups excluding carboxylic acids is 1. The molecule has 2 heterocycles. The zero-order valence-electron chi connectivity index (χ0n) is 10.3. The largest absolute Gasteiger partial charge is 0.326 e. The van der Waals surface area contributed by atoms with Crippen LogP contribution in [-0.2, 0) is 4.79 Å². The number of carbonyl (C=O) groups is 1. The van der Waals surface area contributed by atoms with E-state index in [1.54, 1.807) is 0 Å². The molecule has 3 rings (SSSR count). The zero-order chi connectivity index (χ0) is 13.1. The quantitative estimate of drug-likeness (QED) is 0.741. The molecule has 0 radical (unpaired) electrons. The molecule has 1 aliphatic heterocycles. The van der Waals surface area contributed by atoms with E-state index in [0.717, 1.165) is 30.8 Å². The second-order valence-corrected chi connectivity index (χ2v) is 4.50. The van der Waals surface area contributed by atoms with Crippen molar-refractivity contribution in [2.45, 2.75) is 6.42 Å². The van der Waals surface area contributed by atoms with Crippen molar-refractivity contribution in [1.29, 1.82) is 0 Å². The normalized spacial score (nSPS) is 18.4. The molecule has 1 fully saturated rings. The van der Waals surface area contributed by atoms with E-state index in [-0.39, 0.29) is 11.8 Å². The fourth-order valence-electron chi connectivity index (χ4n) is 2.14. The van der Waals surface area contributed by atoms with Crippen LogP contribution in [0.1, 0.15) is 6.42 Å². The van der Waals surface area contributed by atoms with E-state index in [2.05, 4.69) is 31.3 Å². The Kier molecular flexibility index (Phi) is 3.20. The second-order valence-electron chi connectivity index (χ2n) is 4.50. The Bertz CT molecular complexity index is 561. The Morgan fingerprint density at radius 3 is 3.11 bits per heavy atom. The van der Waals surface area contributed by atoms with Crippen LogP contribution in [-0.4, -0.2) is 39.6 Å². The van der Waals surface area contributed by atoms with Crippen LogP contribution in [0.4, 0.5) is 5.69 Å². The summed E-state index contributed by atoms with van der Waals surface area (Å²) in [5.41, 5.74) is 1.57. The van der Waals surface area contributed by atoms with Gasteiger partial charge in [0.2, 0.25) is 11.7 Å². The lowest BCUT2D eigenvalue weighted by atomic mass is 10.1. The predicted molar refractivity (Wildman–Crippen MR) is 69.2 cm³/mol. The standard InChI is InChI=1S/C12H14N6O/c19-12(9-4-5-13-7-9)14-10-3-1-2-8(6-10)11-15-17-18-16-11/h1-3,6,9,13H,4-5,7H2,(H,14,19)(H,15,16,17,18). The van der Waals surface area contributed by atoms with Crippen molar-refractivity contribution >= 4 is 11.6 Å². The molecule has 19 heavy (non-hydrogen) atoms. The molecule has 0 saturated carbocycles. The molecule has 1 amide bonds. The molecule has 1 aromatic heterocycles. The monoisotopic (exact) mass is 258 g/mol. The van der Waals surface area contributed by atoms with E-state index >= 15 is 0 Å². The molecule has 98 valence electrons. The molecule has 1 aliphatic rings. The summed E-state index contributed by atoms with van der Waals surface area (Å²) in [5.74, 6) is 0.614. The first-order valence-electron chi connectivity index (χ1n) is 6.18. The molecule has 7 nitrogen and oxygen atoms in total. The van der Waals surface area contributed by atoms with Crippen molar-refractivity contribution < 1.29 is 4.79 Å². The topological polar surface area (TPSA) is 95.6 Å². The van der Waals surface area contributed by atoms with Crippen molar-refractivity contribution in [2.24, 2.45) is 5.92 Å². The van der Waals surface area contributed by atoms with Crippen LogP contribution in [0.25, 0.3) is 11.4 Å². The average Bonchev–Trinajstić information content (AvgIpc) is 3.13. The van der Waals surface area contributed by atoms with E-state index in [4.69, 9.17) is 0 Å². The summed E-state index contributed by atoms with van der Waals surface area (Å²) >= 11 is 0. The van der Waals surface area contributed by atoms with Gasteiger partial charge in [0.05, 0.1) is 5.92 Å². The SMILES string of the molecule is O=C(Nc1cccc(-c2nn[nH]n2)c1)C1CCNC1. The lowest BCUT2D eigenvalue weighted by molar-refractivity contribution is -0.119. The van der Waals surface area contributed by atoms with Crippen LogP contribution >= 0.6 is 0 Å². The van der Waals surface area contributed by atoms with E-state index < -0.39 is 0 Å². The molecule has 2 aromatic rings. The van der Waals surface area contributed by atoms with Crippen molar-refractivity contribution in [3.05, 3.63) is 24.3 Å². The fraction of sp³-hybridized carbons (Fsp3) is 0.333. The molecule has 0 spiro atoms. The minimum absolute atomic E-state index is 0.0498. The van der Waals surface area contributed by atoms with Gasteiger partial charge >= 0.3 is 0 Å². The first kappa shape index (κ1) is 11.8. The van der Waals surface area contributed by atoms with Crippen molar-refractivity contribution in [1.82, 2.24) is 25.9 Å². The third-order valence-electron chi connectivity index (χ3n) is 3.16. The summed E-state index contributed by atoms with van der Waals surface area (Å²) in [4.78, 5) is 12.0. The van der Waals surface area contributed by atoms with Gasteiger partial charge in [0.15, 0.2) is 0 Å². The third kappa shape index (κ3) is 2.60. The number of aromatic nitrogens is 4. The molecule has 7 heteroatoms. The van der Waals surface area contributed by atoms with Crippen LogP contribution in [0.2, 0.25) is 0 Å². The Morgan fingerprint density at radius 2 is 2.37 bits per heavy atom. The molecule has 0 bridgehead atoms. The average molecular weight is 258 g/mol. The lowest BCUT2D eigenvalue weighted by Gasteiger charge is -2.10. The molecule has 3 N–H and O–H groups in total. The minimum Gasteiger partial charge on any atom is -0.326 e. The van der Waals surface area contributed by atoms with Gasteiger partial charge in [-0.15, -0.1) is 10.2 Å². The van der Waals surface area contributed by atoms with Crippen LogP contribution in [0.5, 0.6) is 0 Å². The van der Waals surface area contributed by atoms with Gasteiger partial charge in [-0.2, -0.15) is 5.21 Å². The smallest absolute Gasteiger partial charge is 0.228 e. The van der Waals surface area contributed by atoms with E-state index in [1.807, 2.05) is 24.3 Å². The van der Waals surface area contributed by atoms with Gasteiger partial charge in [-0.25, -0.2) is 0 Å². The highest BCUT2D eigenvalue weighted by atomic mass is 16.1. The summed E-state index contributed by atoms with van der Waals surface area (Å²) in [7, 11) is 0. The predicted octanol–water partition coefficient (Wildman–Crippen LogP) is 0.415. The Morgan fingerprint density at radius 1 is 1.42 bits per heavy atom. The zero-order valence-corrected chi connectivity index (χ0v) is 10.3. The number of hydrogen-bond donors (Lipinski definition) is 3. The van der Waals surface area contributed by atoms with Crippen molar-refractivity contribution in [2.75, 3.05) is 18.4 Å². The first-order chi connectivity index (χ1) is 9.33. The summed E-state index contributed by atoms with van der Waals surface area (Å²) in [6.07, 6.45) is 0.885.